The van der Waals surface area contributed by atoms with E-state index in [4.69, 9.17) is 17.3 Å². The molecule has 1 heterocycles. The molecule has 1 rings (SSSR count). The van der Waals surface area contributed by atoms with Crippen LogP contribution in [0.4, 0.5) is 5.69 Å². The van der Waals surface area contributed by atoms with E-state index in [0.717, 1.165) is 0 Å². The molecular weight excluding hydrogens is 236 g/mol. The van der Waals surface area contributed by atoms with Crippen LogP contribution < -0.4 is 5.73 Å². The molecule has 1 aromatic heterocycles. The molecule has 0 saturated carbocycles. The van der Waals surface area contributed by atoms with Gasteiger partial charge in [-0.05, 0) is 18.2 Å². The van der Waals surface area contributed by atoms with Gasteiger partial charge in [0.15, 0.2) is 5.15 Å². The van der Waals surface area contributed by atoms with Crippen molar-refractivity contribution in [3.8, 4) is 0 Å². The number of anilines is 1. The van der Waals surface area contributed by atoms with Gasteiger partial charge in [-0.1, -0.05) is 11.6 Å². The zero-order chi connectivity index (χ0) is 11.4. The van der Waals surface area contributed by atoms with Gasteiger partial charge in [-0.3, -0.25) is 0 Å². The van der Waals surface area contributed by atoms with Gasteiger partial charge in [-0.25, -0.2) is 4.98 Å². The normalized spacial score (nSPS) is 14.9. The van der Waals surface area contributed by atoms with Gasteiger partial charge in [0, 0.05) is 11.8 Å². The lowest BCUT2D eigenvalue weighted by molar-refractivity contribution is 0.0171. The highest BCUT2D eigenvalue weighted by Gasteiger charge is 2.18. The van der Waals surface area contributed by atoms with Crippen molar-refractivity contribution in [3.05, 3.63) is 23.0 Å². The van der Waals surface area contributed by atoms with Crippen LogP contribution in [0.2, 0.25) is 5.15 Å². The van der Waals surface area contributed by atoms with Gasteiger partial charge >= 0.3 is 0 Å². The molecule has 15 heavy (non-hydrogen) atoms. The van der Waals surface area contributed by atoms with Gasteiger partial charge < -0.3 is 15.9 Å². The molecule has 0 aromatic carbocycles. The summed E-state index contributed by atoms with van der Waals surface area (Å²) in [5.41, 5.74) is 6.26. The van der Waals surface area contributed by atoms with E-state index < -0.39 is 12.2 Å². The van der Waals surface area contributed by atoms with Crippen LogP contribution in [0.15, 0.2) is 12.3 Å². The van der Waals surface area contributed by atoms with Crippen LogP contribution in [0.25, 0.3) is 0 Å². The molecule has 0 fully saturated rings. The second kappa shape index (κ2) is 5.55. The molecule has 2 unspecified atom stereocenters. The SMILES string of the molecule is Nc1cc(C(O)C(O)CCS)cnc1Cl. The maximum atomic E-state index is 9.71. The average Bonchev–Trinajstić information content (AvgIpc) is 2.21. The van der Waals surface area contributed by atoms with Crippen LogP contribution in [-0.2, 0) is 0 Å². The van der Waals surface area contributed by atoms with E-state index in [1.807, 2.05) is 0 Å². The highest BCUT2D eigenvalue weighted by atomic mass is 35.5. The van der Waals surface area contributed by atoms with Crippen molar-refractivity contribution < 1.29 is 10.2 Å². The van der Waals surface area contributed by atoms with Crippen LogP contribution in [0, 0.1) is 0 Å². The Kier molecular flexibility index (Phi) is 4.66. The van der Waals surface area contributed by atoms with Crippen molar-refractivity contribution in [1.29, 1.82) is 0 Å². The highest BCUT2D eigenvalue weighted by molar-refractivity contribution is 7.80. The van der Waals surface area contributed by atoms with E-state index in [9.17, 15) is 10.2 Å². The van der Waals surface area contributed by atoms with Gasteiger partial charge in [0.05, 0.1) is 11.8 Å². The standard InChI is InChI=1S/C9H13ClN2O2S/c10-9-6(11)3-5(4-12-9)8(14)7(13)1-2-15/h3-4,7-8,13-15H,1-2,11H2. The molecule has 0 spiro atoms. The summed E-state index contributed by atoms with van der Waals surface area (Å²) in [6.45, 7) is 0. The maximum absolute atomic E-state index is 9.71. The monoisotopic (exact) mass is 248 g/mol. The zero-order valence-corrected chi connectivity index (χ0v) is 9.62. The lowest BCUT2D eigenvalue weighted by atomic mass is 10.0. The maximum Gasteiger partial charge on any atom is 0.151 e. The minimum absolute atomic E-state index is 0.189. The number of pyridine rings is 1. The molecule has 0 saturated heterocycles. The smallest absolute Gasteiger partial charge is 0.151 e. The topological polar surface area (TPSA) is 79.4 Å². The predicted molar refractivity (Wildman–Crippen MR) is 63.1 cm³/mol. The molecule has 6 heteroatoms. The predicted octanol–water partition coefficient (Wildman–Crippen LogP) is 1.03. The summed E-state index contributed by atoms with van der Waals surface area (Å²) in [6.07, 6.45) is -0.0909. The van der Waals surface area contributed by atoms with Crippen molar-refractivity contribution in [2.75, 3.05) is 11.5 Å². The first-order chi connectivity index (χ1) is 7.06. The summed E-state index contributed by atoms with van der Waals surface area (Å²) in [6, 6.07) is 1.50. The number of hydrogen-bond acceptors (Lipinski definition) is 5. The third-order valence-corrected chi connectivity index (χ3v) is 2.59. The fraction of sp³-hybridized carbons (Fsp3) is 0.444. The van der Waals surface area contributed by atoms with Crippen LogP contribution in [0.3, 0.4) is 0 Å². The number of nitrogens with zero attached hydrogens (tertiary/aromatic N) is 1. The number of nitrogen functional groups attached to an aromatic ring is 1. The van der Waals surface area contributed by atoms with Gasteiger partial charge in [0.2, 0.25) is 0 Å². The Morgan fingerprint density at radius 2 is 2.20 bits per heavy atom. The Balaban J connectivity index is 2.81. The first-order valence-electron chi connectivity index (χ1n) is 4.44. The van der Waals surface area contributed by atoms with E-state index in [2.05, 4.69) is 17.6 Å². The van der Waals surface area contributed by atoms with Crippen molar-refractivity contribution in [1.82, 2.24) is 4.98 Å². The number of hydrogen-bond donors (Lipinski definition) is 4. The molecular formula is C9H13ClN2O2S. The number of nitrogens with two attached hydrogens (primary N) is 1. The summed E-state index contributed by atoms with van der Waals surface area (Å²) in [5, 5.41) is 19.4. The van der Waals surface area contributed by atoms with Crippen LogP contribution >= 0.6 is 24.2 Å². The Bertz CT molecular complexity index is 338. The van der Waals surface area contributed by atoms with Gasteiger partial charge in [-0.15, -0.1) is 0 Å². The summed E-state index contributed by atoms with van der Waals surface area (Å²) in [5.74, 6) is 0.495. The van der Waals surface area contributed by atoms with E-state index in [0.29, 0.717) is 17.7 Å². The number of aliphatic hydroxyl groups excluding tert-OH is 2. The zero-order valence-electron chi connectivity index (χ0n) is 7.97. The number of aromatic nitrogens is 1. The molecule has 4 nitrogen and oxygen atoms in total. The second-order valence-corrected chi connectivity index (χ2v) is 3.98. The first-order valence-corrected chi connectivity index (χ1v) is 5.45. The molecule has 0 amide bonds. The summed E-state index contributed by atoms with van der Waals surface area (Å²) < 4.78 is 0. The quantitative estimate of drug-likeness (QED) is 0.474. The summed E-state index contributed by atoms with van der Waals surface area (Å²) in [7, 11) is 0. The van der Waals surface area contributed by atoms with Crippen molar-refractivity contribution in [2.24, 2.45) is 0 Å². The molecule has 0 bridgehead atoms. The average molecular weight is 249 g/mol. The van der Waals surface area contributed by atoms with Gasteiger partial charge in [0.25, 0.3) is 0 Å². The first kappa shape index (κ1) is 12.6. The van der Waals surface area contributed by atoms with E-state index in [1.54, 1.807) is 0 Å². The van der Waals surface area contributed by atoms with E-state index >= 15 is 0 Å². The Hall–Kier alpha value is -0.490. The van der Waals surface area contributed by atoms with Gasteiger partial charge in [-0.2, -0.15) is 12.6 Å². The largest absolute Gasteiger partial charge is 0.396 e. The van der Waals surface area contributed by atoms with Crippen molar-refractivity contribution in [3.63, 3.8) is 0 Å². The molecule has 0 radical (unpaired) electrons. The Labute approximate surface area is 98.5 Å². The lowest BCUT2D eigenvalue weighted by Crippen LogP contribution is -2.19. The minimum Gasteiger partial charge on any atom is -0.396 e. The molecule has 84 valence electrons. The van der Waals surface area contributed by atoms with Crippen molar-refractivity contribution >= 4 is 29.9 Å². The number of aliphatic hydroxyl groups is 2. The molecule has 4 N–H and O–H groups in total. The number of thiol groups is 1. The van der Waals surface area contributed by atoms with Crippen LogP contribution in [0.1, 0.15) is 18.1 Å². The third kappa shape index (κ3) is 3.24. The molecule has 0 aliphatic heterocycles. The van der Waals surface area contributed by atoms with Crippen molar-refractivity contribution in [2.45, 2.75) is 18.6 Å². The lowest BCUT2D eigenvalue weighted by Gasteiger charge is -2.17. The van der Waals surface area contributed by atoms with Crippen LogP contribution in [-0.4, -0.2) is 27.1 Å². The van der Waals surface area contributed by atoms with Gasteiger partial charge in [0.1, 0.15) is 6.10 Å². The summed E-state index contributed by atoms with van der Waals surface area (Å²) in [4.78, 5) is 3.79. The van der Waals surface area contributed by atoms with E-state index in [-0.39, 0.29) is 10.8 Å². The minimum atomic E-state index is -1.01. The highest BCUT2D eigenvalue weighted by Crippen LogP contribution is 2.23. The number of halogens is 1. The summed E-state index contributed by atoms with van der Waals surface area (Å²) >= 11 is 9.60. The molecule has 0 aliphatic carbocycles. The molecule has 0 aliphatic rings. The molecule has 2 atom stereocenters. The number of rotatable bonds is 4. The fourth-order valence-electron chi connectivity index (χ4n) is 1.16. The third-order valence-electron chi connectivity index (χ3n) is 2.02. The second-order valence-electron chi connectivity index (χ2n) is 3.17. The Morgan fingerprint density at radius 1 is 1.53 bits per heavy atom. The molecule has 1 aromatic rings. The fourth-order valence-corrected chi connectivity index (χ4v) is 1.52. The Morgan fingerprint density at radius 3 is 2.73 bits per heavy atom. The van der Waals surface area contributed by atoms with Crippen LogP contribution in [0.5, 0.6) is 0 Å². The van der Waals surface area contributed by atoms with E-state index in [1.165, 1.54) is 12.3 Å².